The van der Waals surface area contributed by atoms with E-state index in [9.17, 15) is 5.11 Å². The first-order valence-corrected chi connectivity index (χ1v) is 10.6. The van der Waals surface area contributed by atoms with Crippen LogP contribution >= 0.6 is 0 Å². The molecule has 0 bridgehead atoms. The second-order valence-corrected chi connectivity index (χ2v) is 7.96. The Hall–Kier alpha value is -1.79. The summed E-state index contributed by atoms with van der Waals surface area (Å²) in [6, 6.07) is 8.92. The second kappa shape index (κ2) is 11.3. The maximum Gasteiger partial charge on any atom is 0.191 e. The lowest BCUT2D eigenvalue weighted by atomic mass is 10.1. The van der Waals surface area contributed by atoms with Crippen LogP contribution in [0.1, 0.15) is 59.1 Å². The summed E-state index contributed by atoms with van der Waals surface area (Å²) in [5, 5.41) is 17.2. The van der Waals surface area contributed by atoms with E-state index in [1.165, 1.54) is 12.8 Å². The van der Waals surface area contributed by atoms with Gasteiger partial charge in [0, 0.05) is 31.7 Å². The van der Waals surface area contributed by atoms with E-state index in [0.29, 0.717) is 12.6 Å². The predicted octanol–water partition coefficient (Wildman–Crippen LogP) is 2.94. The first kappa shape index (κ1) is 22.5. The van der Waals surface area contributed by atoms with Crippen molar-refractivity contribution in [2.75, 3.05) is 26.2 Å². The monoisotopic (exact) mass is 390 g/mol. The highest BCUT2D eigenvalue weighted by Crippen LogP contribution is 2.28. The molecule has 0 spiro atoms. The molecule has 1 aromatic carbocycles. The largest absolute Gasteiger partial charge is 0.491 e. The summed E-state index contributed by atoms with van der Waals surface area (Å²) in [6.07, 6.45) is 2.08. The van der Waals surface area contributed by atoms with Gasteiger partial charge in [-0.3, -0.25) is 9.89 Å². The SMILES string of the molecule is CCNC(=NCC(O)c1cccc(OC(C)C)c1)NCCN(C(C)C)C1CC1. The third kappa shape index (κ3) is 7.68. The molecule has 158 valence electrons. The molecule has 1 fully saturated rings. The number of rotatable bonds is 11. The van der Waals surface area contributed by atoms with Crippen molar-refractivity contribution in [3.05, 3.63) is 29.8 Å². The third-order valence-corrected chi connectivity index (χ3v) is 4.72. The fourth-order valence-corrected chi connectivity index (χ4v) is 3.26. The lowest BCUT2D eigenvalue weighted by Gasteiger charge is -2.26. The van der Waals surface area contributed by atoms with Crippen LogP contribution in [0.25, 0.3) is 0 Å². The van der Waals surface area contributed by atoms with Gasteiger partial charge in [-0.1, -0.05) is 12.1 Å². The molecule has 2 rings (SSSR count). The zero-order chi connectivity index (χ0) is 20.5. The van der Waals surface area contributed by atoms with Crippen LogP contribution in [0.3, 0.4) is 0 Å². The van der Waals surface area contributed by atoms with E-state index >= 15 is 0 Å². The van der Waals surface area contributed by atoms with E-state index in [2.05, 4.69) is 34.4 Å². The fraction of sp³-hybridized carbons (Fsp3) is 0.682. The van der Waals surface area contributed by atoms with Crippen LogP contribution in [0.2, 0.25) is 0 Å². The lowest BCUT2D eigenvalue weighted by Crippen LogP contribution is -2.44. The van der Waals surface area contributed by atoms with Crippen LogP contribution in [0.4, 0.5) is 0 Å². The Kier molecular flexibility index (Phi) is 9.06. The van der Waals surface area contributed by atoms with E-state index in [1.54, 1.807) is 0 Å². The summed E-state index contributed by atoms with van der Waals surface area (Å²) in [5.74, 6) is 1.52. The van der Waals surface area contributed by atoms with Gasteiger partial charge in [-0.15, -0.1) is 0 Å². The number of aliphatic hydroxyl groups excluding tert-OH is 1. The number of ether oxygens (including phenoxy) is 1. The molecule has 28 heavy (non-hydrogen) atoms. The summed E-state index contributed by atoms with van der Waals surface area (Å²) in [5.41, 5.74) is 0.817. The van der Waals surface area contributed by atoms with Gasteiger partial charge in [0.05, 0.1) is 18.8 Å². The molecule has 0 saturated heterocycles. The smallest absolute Gasteiger partial charge is 0.191 e. The van der Waals surface area contributed by atoms with Crippen molar-refractivity contribution in [1.29, 1.82) is 0 Å². The molecule has 1 saturated carbocycles. The Labute approximate surface area is 170 Å². The van der Waals surface area contributed by atoms with Gasteiger partial charge in [-0.05, 0) is 65.2 Å². The number of nitrogens with zero attached hydrogens (tertiary/aromatic N) is 2. The maximum absolute atomic E-state index is 10.5. The van der Waals surface area contributed by atoms with Gasteiger partial charge >= 0.3 is 0 Å². The molecule has 1 aliphatic carbocycles. The number of benzene rings is 1. The summed E-state index contributed by atoms with van der Waals surface area (Å²) in [7, 11) is 0. The summed E-state index contributed by atoms with van der Waals surface area (Å²) >= 11 is 0. The molecule has 1 aromatic rings. The molecule has 3 N–H and O–H groups in total. The lowest BCUT2D eigenvalue weighted by molar-refractivity contribution is 0.185. The van der Waals surface area contributed by atoms with Crippen molar-refractivity contribution in [3.8, 4) is 5.75 Å². The van der Waals surface area contributed by atoms with Gasteiger partial charge < -0.3 is 20.5 Å². The zero-order valence-corrected chi connectivity index (χ0v) is 18.1. The number of hydrogen-bond acceptors (Lipinski definition) is 4. The van der Waals surface area contributed by atoms with Crippen molar-refractivity contribution in [2.45, 2.75) is 71.8 Å². The summed E-state index contributed by atoms with van der Waals surface area (Å²) < 4.78 is 5.71. The Morgan fingerprint density at radius 3 is 2.61 bits per heavy atom. The Morgan fingerprint density at radius 1 is 1.25 bits per heavy atom. The molecule has 0 heterocycles. The first-order valence-electron chi connectivity index (χ1n) is 10.6. The average Bonchev–Trinajstić information content (AvgIpc) is 3.47. The highest BCUT2D eigenvalue weighted by atomic mass is 16.5. The topological polar surface area (TPSA) is 69.1 Å². The van der Waals surface area contributed by atoms with E-state index in [-0.39, 0.29) is 6.10 Å². The Balaban J connectivity index is 1.88. The minimum Gasteiger partial charge on any atom is -0.491 e. The van der Waals surface area contributed by atoms with Crippen molar-refractivity contribution in [2.24, 2.45) is 4.99 Å². The molecule has 0 aliphatic heterocycles. The van der Waals surface area contributed by atoms with Gasteiger partial charge in [-0.25, -0.2) is 0 Å². The van der Waals surface area contributed by atoms with Crippen molar-refractivity contribution < 1.29 is 9.84 Å². The number of hydrogen-bond donors (Lipinski definition) is 3. The average molecular weight is 391 g/mol. The number of aliphatic hydroxyl groups is 1. The van der Waals surface area contributed by atoms with Crippen LogP contribution < -0.4 is 15.4 Å². The molecule has 0 radical (unpaired) electrons. The van der Waals surface area contributed by atoms with Crippen LogP contribution in [0, 0.1) is 0 Å². The van der Waals surface area contributed by atoms with Gasteiger partial charge in [-0.2, -0.15) is 0 Å². The normalized spacial score (nSPS) is 16.0. The van der Waals surface area contributed by atoms with Crippen molar-refractivity contribution in [1.82, 2.24) is 15.5 Å². The van der Waals surface area contributed by atoms with Crippen LogP contribution in [0.15, 0.2) is 29.3 Å². The van der Waals surface area contributed by atoms with Crippen LogP contribution in [0.5, 0.6) is 5.75 Å². The van der Waals surface area contributed by atoms with Gasteiger partial charge in [0.1, 0.15) is 5.75 Å². The third-order valence-electron chi connectivity index (χ3n) is 4.72. The van der Waals surface area contributed by atoms with Crippen molar-refractivity contribution in [3.63, 3.8) is 0 Å². The molecule has 0 aromatic heterocycles. The molecular weight excluding hydrogens is 352 g/mol. The number of aliphatic imine (C=N–C) groups is 1. The second-order valence-electron chi connectivity index (χ2n) is 7.96. The van der Waals surface area contributed by atoms with E-state index in [0.717, 1.165) is 42.9 Å². The molecule has 1 atom stereocenters. The first-order chi connectivity index (χ1) is 13.4. The van der Waals surface area contributed by atoms with Gasteiger partial charge in [0.25, 0.3) is 0 Å². The molecule has 1 unspecified atom stereocenters. The summed E-state index contributed by atoms with van der Waals surface area (Å²) in [6.45, 7) is 13.5. The van der Waals surface area contributed by atoms with Gasteiger partial charge in [0.2, 0.25) is 0 Å². The molecule has 1 aliphatic rings. The zero-order valence-electron chi connectivity index (χ0n) is 18.1. The number of nitrogens with one attached hydrogen (secondary N) is 2. The molecule has 6 nitrogen and oxygen atoms in total. The summed E-state index contributed by atoms with van der Waals surface area (Å²) in [4.78, 5) is 7.11. The quantitative estimate of drug-likeness (QED) is 0.400. The molecule has 6 heteroatoms. The molecule has 0 amide bonds. The number of guanidine groups is 1. The Bertz CT molecular complexity index is 612. The van der Waals surface area contributed by atoms with Gasteiger partial charge in [0.15, 0.2) is 5.96 Å². The van der Waals surface area contributed by atoms with E-state index < -0.39 is 6.10 Å². The maximum atomic E-state index is 10.5. The highest BCUT2D eigenvalue weighted by Gasteiger charge is 2.30. The predicted molar refractivity (Wildman–Crippen MR) is 116 cm³/mol. The highest BCUT2D eigenvalue weighted by molar-refractivity contribution is 5.79. The van der Waals surface area contributed by atoms with Crippen LogP contribution in [-0.4, -0.2) is 60.3 Å². The van der Waals surface area contributed by atoms with Crippen LogP contribution in [-0.2, 0) is 0 Å². The minimum absolute atomic E-state index is 0.107. The minimum atomic E-state index is -0.662. The van der Waals surface area contributed by atoms with E-state index in [4.69, 9.17) is 4.74 Å². The van der Waals surface area contributed by atoms with Crippen molar-refractivity contribution >= 4 is 5.96 Å². The Morgan fingerprint density at radius 2 is 2.00 bits per heavy atom. The molecular formula is C22H38N4O2. The van der Waals surface area contributed by atoms with E-state index in [1.807, 2.05) is 45.0 Å². The fourth-order valence-electron chi connectivity index (χ4n) is 3.26. The standard InChI is InChI=1S/C22H38N4O2/c1-6-23-22(24-12-13-26(16(2)3)19-10-11-19)25-15-21(27)18-8-7-9-20(14-18)28-17(4)5/h7-9,14,16-17,19,21,27H,6,10-13,15H2,1-5H3,(H2,23,24,25).